The molecule has 1 N–H and O–H groups in total. The summed E-state index contributed by atoms with van der Waals surface area (Å²) in [6, 6.07) is 0. The summed E-state index contributed by atoms with van der Waals surface area (Å²) in [5.41, 5.74) is 0. The van der Waals surface area contributed by atoms with Crippen molar-refractivity contribution in [3.05, 3.63) is 0 Å². The Balaban J connectivity index is 4.01. The maximum atomic E-state index is 12.0. The number of esters is 1. The van der Waals surface area contributed by atoms with Crippen molar-refractivity contribution >= 4 is 11.9 Å². The summed E-state index contributed by atoms with van der Waals surface area (Å²) in [7, 11) is 1.39. The highest BCUT2D eigenvalue weighted by Gasteiger charge is 2.26. The van der Waals surface area contributed by atoms with Gasteiger partial charge in [-0.25, -0.2) is 0 Å². The molecule has 0 heterocycles. The maximum Gasteiger partial charge on any atom is 0.308 e. The van der Waals surface area contributed by atoms with Gasteiger partial charge in [-0.3, -0.25) is 9.59 Å². The summed E-state index contributed by atoms with van der Waals surface area (Å²) in [6.45, 7) is 8.87. The molecule has 0 aliphatic carbocycles. The summed E-state index contributed by atoms with van der Waals surface area (Å²) >= 11 is 0. The lowest BCUT2D eigenvalue weighted by atomic mass is 9.87. The summed E-state index contributed by atoms with van der Waals surface area (Å²) in [5.74, 6) is -0.0805. The molecule has 4 heteroatoms. The van der Waals surface area contributed by atoms with Crippen LogP contribution in [-0.4, -0.2) is 24.2 Å². The molecule has 4 nitrogen and oxygen atoms in total. The summed E-state index contributed by atoms with van der Waals surface area (Å²) < 4.78 is 4.89. The summed E-state index contributed by atoms with van der Waals surface area (Å²) in [4.78, 5) is 23.3. The Bertz CT molecular complexity index is 421. The van der Waals surface area contributed by atoms with E-state index in [1.807, 2.05) is 6.92 Å². The van der Waals surface area contributed by atoms with Crippen molar-refractivity contribution in [2.24, 2.45) is 23.7 Å². The minimum absolute atomic E-state index is 0.257. The van der Waals surface area contributed by atoms with Gasteiger partial charge in [0.1, 0.15) is 0 Å². The third kappa shape index (κ3) is 13.7. The monoisotopic (exact) mass is 412 g/mol. The molecule has 0 bridgehead atoms. The third-order valence-electron chi connectivity index (χ3n) is 6.47. The molecule has 0 aliphatic rings. The molecule has 29 heavy (non-hydrogen) atoms. The van der Waals surface area contributed by atoms with Crippen LogP contribution in [0.1, 0.15) is 118 Å². The molecule has 0 aromatic heterocycles. The van der Waals surface area contributed by atoms with Crippen molar-refractivity contribution in [1.82, 2.24) is 0 Å². The van der Waals surface area contributed by atoms with Gasteiger partial charge in [0.15, 0.2) is 0 Å². The SMILES string of the molecule is CCCCC(CC)CC(C)CCCCCCCC(CC(CC)C(=O)O)C(=O)OC. The predicted octanol–water partition coefficient (Wildman–Crippen LogP) is 7.25. The number of carboxylic acids is 1. The van der Waals surface area contributed by atoms with Crippen molar-refractivity contribution < 1.29 is 19.4 Å². The van der Waals surface area contributed by atoms with E-state index in [4.69, 9.17) is 4.74 Å². The van der Waals surface area contributed by atoms with Crippen molar-refractivity contribution in [3.8, 4) is 0 Å². The Morgan fingerprint density at radius 1 is 0.793 bits per heavy atom. The molecular weight excluding hydrogens is 364 g/mol. The first-order chi connectivity index (χ1) is 13.9. The number of carbonyl (C=O) groups is 2. The molecule has 0 aromatic carbocycles. The second-order valence-corrected chi connectivity index (χ2v) is 9.00. The van der Waals surface area contributed by atoms with Gasteiger partial charge in [0.2, 0.25) is 0 Å². The van der Waals surface area contributed by atoms with Gasteiger partial charge in [-0.05, 0) is 37.5 Å². The van der Waals surface area contributed by atoms with Crippen LogP contribution in [0.15, 0.2) is 0 Å². The smallest absolute Gasteiger partial charge is 0.308 e. The van der Waals surface area contributed by atoms with Crippen LogP contribution in [-0.2, 0) is 14.3 Å². The molecule has 0 aromatic rings. The quantitative estimate of drug-likeness (QED) is 0.179. The molecule has 0 radical (unpaired) electrons. The molecule has 0 saturated heterocycles. The molecule has 0 amide bonds. The average Bonchev–Trinajstić information content (AvgIpc) is 2.71. The van der Waals surface area contributed by atoms with Crippen LogP contribution >= 0.6 is 0 Å². The van der Waals surface area contributed by atoms with E-state index in [-0.39, 0.29) is 11.9 Å². The molecule has 0 spiro atoms. The molecule has 4 atom stereocenters. The second-order valence-electron chi connectivity index (χ2n) is 9.00. The van der Waals surface area contributed by atoms with Crippen LogP contribution in [0.2, 0.25) is 0 Å². The molecule has 0 saturated carbocycles. The number of methoxy groups -OCH3 is 1. The van der Waals surface area contributed by atoms with Crippen LogP contribution < -0.4 is 0 Å². The third-order valence-corrected chi connectivity index (χ3v) is 6.47. The number of rotatable bonds is 19. The first kappa shape index (κ1) is 27.9. The molecule has 0 fully saturated rings. The zero-order valence-electron chi connectivity index (χ0n) is 19.9. The van der Waals surface area contributed by atoms with Gasteiger partial charge in [-0.2, -0.15) is 0 Å². The maximum absolute atomic E-state index is 12.0. The van der Waals surface area contributed by atoms with E-state index in [0.717, 1.165) is 31.1 Å². The predicted molar refractivity (Wildman–Crippen MR) is 121 cm³/mol. The van der Waals surface area contributed by atoms with Crippen LogP contribution in [0.5, 0.6) is 0 Å². The highest BCUT2D eigenvalue weighted by Crippen LogP contribution is 2.26. The fraction of sp³-hybridized carbons (Fsp3) is 0.920. The van der Waals surface area contributed by atoms with Gasteiger partial charge >= 0.3 is 11.9 Å². The highest BCUT2D eigenvalue weighted by molar-refractivity contribution is 5.74. The van der Waals surface area contributed by atoms with Crippen molar-refractivity contribution in [1.29, 1.82) is 0 Å². The normalized spacial score (nSPS) is 15.5. The van der Waals surface area contributed by atoms with Crippen LogP contribution in [0.25, 0.3) is 0 Å². The highest BCUT2D eigenvalue weighted by atomic mass is 16.5. The standard InChI is InChI=1S/C25H48O4/c1-6-9-16-21(7-2)18-20(4)15-13-11-10-12-14-17-23(25(28)29-5)19-22(8-3)24(26)27/h20-23H,6-19H2,1-5H3,(H,26,27). The Morgan fingerprint density at radius 3 is 1.93 bits per heavy atom. The van der Waals surface area contributed by atoms with E-state index >= 15 is 0 Å². The first-order valence-electron chi connectivity index (χ1n) is 12.2. The zero-order chi connectivity index (χ0) is 22.1. The second kappa shape index (κ2) is 17.8. The first-order valence-corrected chi connectivity index (χ1v) is 12.2. The lowest BCUT2D eigenvalue weighted by Crippen LogP contribution is -2.23. The van der Waals surface area contributed by atoms with E-state index in [1.165, 1.54) is 64.9 Å². The number of aliphatic carboxylic acids is 1. The van der Waals surface area contributed by atoms with Crippen LogP contribution in [0.4, 0.5) is 0 Å². The minimum Gasteiger partial charge on any atom is -0.481 e. The van der Waals surface area contributed by atoms with Gasteiger partial charge in [0.25, 0.3) is 0 Å². The fourth-order valence-corrected chi connectivity index (χ4v) is 4.37. The van der Waals surface area contributed by atoms with E-state index in [0.29, 0.717) is 12.8 Å². The number of unbranched alkanes of at least 4 members (excludes halogenated alkanes) is 5. The summed E-state index contributed by atoms with van der Waals surface area (Å²) in [5, 5.41) is 9.25. The van der Waals surface area contributed by atoms with Crippen molar-refractivity contribution in [2.45, 2.75) is 118 Å². The van der Waals surface area contributed by atoms with Gasteiger partial charge in [0.05, 0.1) is 18.9 Å². The van der Waals surface area contributed by atoms with Gasteiger partial charge < -0.3 is 9.84 Å². The fourth-order valence-electron chi connectivity index (χ4n) is 4.37. The Hall–Kier alpha value is -1.06. The number of hydrogen-bond acceptors (Lipinski definition) is 3. The summed E-state index contributed by atoms with van der Waals surface area (Å²) in [6.07, 6.45) is 15.6. The van der Waals surface area contributed by atoms with E-state index in [1.54, 1.807) is 0 Å². The number of hydrogen-bond donors (Lipinski definition) is 1. The lowest BCUT2D eigenvalue weighted by molar-refractivity contribution is -0.148. The van der Waals surface area contributed by atoms with Crippen LogP contribution in [0.3, 0.4) is 0 Å². The van der Waals surface area contributed by atoms with Crippen molar-refractivity contribution in [3.63, 3.8) is 0 Å². The largest absolute Gasteiger partial charge is 0.481 e. The average molecular weight is 413 g/mol. The van der Waals surface area contributed by atoms with E-state index in [2.05, 4.69) is 20.8 Å². The topological polar surface area (TPSA) is 63.6 Å². The van der Waals surface area contributed by atoms with Gasteiger partial charge in [0, 0.05) is 0 Å². The molecular formula is C25H48O4. The molecule has 0 aliphatic heterocycles. The van der Waals surface area contributed by atoms with Crippen molar-refractivity contribution in [2.75, 3.05) is 7.11 Å². The Morgan fingerprint density at radius 2 is 1.41 bits per heavy atom. The molecule has 4 unspecified atom stereocenters. The lowest BCUT2D eigenvalue weighted by Gasteiger charge is -2.19. The number of ether oxygens (including phenoxy) is 1. The Kier molecular flexibility index (Phi) is 17.1. The number of carboxylic acid groups (broad SMARTS) is 1. The molecule has 0 rings (SSSR count). The van der Waals surface area contributed by atoms with E-state index < -0.39 is 11.9 Å². The Labute approximate surface area is 180 Å². The van der Waals surface area contributed by atoms with Crippen LogP contribution in [0, 0.1) is 23.7 Å². The van der Waals surface area contributed by atoms with E-state index in [9.17, 15) is 14.7 Å². The zero-order valence-corrected chi connectivity index (χ0v) is 19.9. The van der Waals surface area contributed by atoms with Gasteiger partial charge in [-0.1, -0.05) is 91.9 Å². The minimum atomic E-state index is -0.810. The number of carbonyl (C=O) groups excluding carboxylic acids is 1. The van der Waals surface area contributed by atoms with Gasteiger partial charge in [-0.15, -0.1) is 0 Å². The molecule has 172 valence electrons.